The lowest BCUT2D eigenvalue weighted by Crippen LogP contribution is -2.22. The molecule has 0 amide bonds. The van der Waals surface area contributed by atoms with Gasteiger partial charge in [0.2, 0.25) is 0 Å². The lowest BCUT2D eigenvalue weighted by atomic mass is 9.97. The molecule has 0 spiro atoms. The van der Waals surface area contributed by atoms with Crippen molar-refractivity contribution in [3.8, 4) is 0 Å². The summed E-state index contributed by atoms with van der Waals surface area (Å²) in [4.78, 5) is 0. The van der Waals surface area contributed by atoms with Crippen molar-refractivity contribution in [3.63, 3.8) is 0 Å². The largest absolute Gasteiger partial charge is 0.373 e. The Hall–Kier alpha value is -0.870. The topological polar surface area (TPSA) is 61.3 Å². The first-order chi connectivity index (χ1) is 7.40. The zero-order chi connectivity index (χ0) is 10.5. The Balaban J connectivity index is 1.69. The van der Waals surface area contributed by atoms with E-state index in [9.17, 15) is 0 Å². The van der Waals surface area contributed by atoms with Crippen molar-refractivity contribution in [2.24, 2.45) is 17.6 Å². The third-order valence-corrected chi connectivity index (χ3v) is 3.19. The van der Waals surface area contributed by atoms with E-state index in [4.69, 9.17) is 15.0 Å². The summed E-state index contributed by atoms with van der Waals surface area (Å²) in [6.45, 7) is 2.10. The number of nitrogens with zero attached hydrogens (tertiary/aromatic N) is 1. The molecule has 4 heteroatoms. The molecule has 1 heterocycles. The van der Waals surface area contributed by atoms with Crippen LogP contribution in [-0.4, -0.2) is 18.3 Å². The number of aromatic nitrogens is 1. The first-order valence-electron chi connectivity index (χ1n) is 5.57. The maximum absolute atomic E-state index is 5.71. The fourth-order valence-electron chi connectivity index (χ4n) is 2.27. The molecular formula is C11H18N2O2. The summed E-state index contributed by atoms with van der Waals surface area (Å²) in [5.74, 6) is 2.08. The van der Waals surface area contributed by atoms with Crippen molar-refractivity contribution in [1.82, 2.24) is 5.16 Å². The van der Waals surface area contributed by atoms with Crippen LogP contribution >= 0.6 is 0 Å². The molecule has 1 aromatic rings. The van der Waals surface area contributed by atoms with Crippen molar-refractivity contribution < 1.29 is 9.26 Å². The van der Waals surface area contributed by atoms with Crippen LogP contribution in [0.5, 0.6) is 0 Å². The van der Waals surface area contributed by atoms with Gasteiger partial charge in [0.15, 0.2) is 5.76 Å². The molecule has 1 aliphatic carbocycles. The van der Waals surface area contributed by atoms with E-state index in [0.29, 0.717) is 18.4 Å². The van der Waals surface area contributed by atoms with Gasteiger partial charge in [-0.1, -0.05) is 11.6 Å². The SMILES string of the molecule is NCC1CCCC1COCc1ccno1. The Morgan fingerprint density at radius 1 is 1.47 bits per heavy atom. The molecule has 1 fully saturated rings. The van der Waals surface area contributed by atoms with Crippen LogP contribution in [0.2, 0.25) is 0 Å². The van der Waals surface area contributed by atoms with E-state index in [1.165, 1.54) is 19.3 Å². The van der Waals surface area contributed by atoms with Crippen molar-refractivity contribution >= 4 is 0 Å². The molecule has 4 nitrogen and oxygen atoms in total. The molecule has 0 aromatic carbocycles. The van der Waals surface area contributed by atoms with E-state index >= 15 is 0 Å². The second kappa shape index (κ2) is 5.28. The maximum atomic E-state index is 5.71. The highest BCUT2D eigenvalue weighted by atomic mass is 16.5. The van der Waals surface area contributed by atoms with Gasteiger partial charge in [-0.05, 0) is 31.2 Å². The van der Waals surface area contributed by atoms with E-state index in [1.54, 1.807) is 6.20 Å². The third kappa shape index (κ3) is 2.79. The van der Waals surface area contributed by atoms with Crippen molar-refractivity contribution in [1.29, 1.82) is 0 Å². The molecule has 2 atom stereocenters. The highest BCUT2D eigenvalue weighted by molar-refractivity contribution is 4.90. The second-order valence-electron chi connectivity index (χ2n) is 4.18. The fraction of sp³-hybridized carbons (Fsp3) is 0.727. The van der Waals surface area contributed by atoms with Crippen LogP contribution in [0.3, 0.4) is 0 Å². The summed E-state index contributed by atoms with van der Waals surface area (Å²) < 4.78 is 10.6. The third-order valence-electron chi connectivity index (χ3n) is 3.19. The van der Waals surface area contributed by atoms with E-state index in [2.05, 4.69) is 5.16 Å². The highest BCUT2D eigenvalue weighted by Gasteiger charge is 2.25. The predicted molar refractivity (Wildman–Crippen MR) is 56.0 cm³/mol. The molecule has 0 radical (unpaired) electrons. The second-order valence-corrected chi connectivity index (χ2v) is 4.18. The van der Waals surface area contributed by atoms with E-state index in [0.717, 1.165) is 18.9 Å². The van der Waals surface area contributed by atoms with Gasteiger partial charge in [0.1, 0.15) is 6.61 Å². The normalized spacial score (nSPS) is 25.9. The minimum atomic E-state index is 0.522. The fourth-order valence-corrected chi connectivity index (χ4v) is 2.27. The summed E-state index contributed by atoms with van der Waals surface area (Å²) in [6.07, 6.45) is 5.43. The summed E-state index contributed by atoms with van der Waals surface area (Å²) in [7, 11) is 0. The number of ether oxygens (including phenoxy) is 1. The number of hydrogen-bond donors (Lipinski definition) is 1. The highest BCUT2D eigenvalue weighted by Crippen LogP contribution is 2.31. The Kier molecular flexibility index (Phi) is 3.75. The van der Waals surface area contributed by atoms with Gasteiger partial charge in [-0.3, -0.25) is 0 Å². The maximum Gasteiger partial charge on any atom is 0.162 e. The molecular weight excluding hydrogens is 192 g/mol. The minimum absolute atomic E-state index is 0.522. The molecule has 84 valence electrons. The van der Waals surface area contributed by atoms with Crippen LogP contribution in [-0.2, 0) is 11.3 Å². The Morgan fingerprint density at radius 2 is 2.33 bits per heavy atom. The first-order valence-corrected chi connectivity index (χ1v) is 5.57. The van der Waals surface area contributed by atoms with Gasteiger partial charge in [0, 0.05) is 6.07 Å². The number of hydrogen-bond acceptors (Lipinski definition) is 4. The van der Waals surface area contributed by atoms with Crippen LogP contribution in [0.25, 0.3) is 0 Å². The lowest BCUT2D eigenvalue weighted by Gasteiger charge is -2.17. The van der Waals surface area contributed by atoms with E-state index in [-0.39, 0.29) is 0 Å². The predicted octanol–water partition coefficient (Wildman–Crippen LogP) is 1.57. The van der Waals surface area contributed by atoms with Crippen LogP contribution < -0.4 is 5.73 Å². The van der Waals surface area contributed by atoms with Gasteiger partial charge in [-0.25, -0.2) is 0 Å². The molecule has 0 bridgehead atoms. The van der Waals surface area contributed by atoms with Crippen LogP contribution in [0.15, 0.2) is 16.8 Å². The Bertz CT molecular complexity index is 274. The summed E-state index contributed by atoms with van der Waals surface area (Å²) >= 11 is 0. The average Bonchev–Trinajstić information content (AvgIpc) is 2.88. The van der Waals surface area contributed by atoms with Gasteiger partial charge in [0.05, 0.1) is 12.8 Å². The van der Waals surface area contributed by atoms with Crippen molar-refractivity contribution in [3.05, 3.63) is 18.0 Å². The number of nitrogens with two attached hydrogens (primary N) is 1. The van der Waals surface area contributed by atoms with E-state index < -0.39 is 0 Å². The Labute approximate surface area is 89.8 Å². The monoisotopic (exact) mass is 210 g/mol. The zero-order valence-electron chi connectivity index (χ0n) is 8.89. The van der Waals surface area contributed by atoms with Gasteiger partial charge in [-0.2, -0.15) is 0 Å². The molecule has 2 unspecified atom stereocenters. The number of rotatable bonds is 5. The van der Waals surface area contributed by atoms with E-state index in [1.807, 2.05) is 6.07 Å². The van der Waals surface area contributed by atoms with Crippen LogP contribution in [0.4, 0.5) is 0 Å². The van der Waals surface area contributed by atoms with Gasteiger partial charge in [-0.15, -0.1) is 0 Å². The summed E-state index contributed by atoms with van der Waals surface area (Å²) in [5, 5.41) is 3.63. The van der Waals surface area contributed by atoms with Crippen molar-refractivity contribution in [2.75, 3.05) is 13.2 Å². The van der Waals surface area contributed by atoms with Gasteiger partial charge in [0.25, 0.3) is 0 Å². The molecule has 1 aromatic heterocycles. The molecule has 15 heavy (non-hydrogen) atoms. The van der Waals surface area contributed by atoms with Crippen LogP contribution in [0.1, 0.15) is 25.0 Å². The van der Waals surface area contributed by atoms with Crippen molar-refractivity contribution in [2.45, 2.75) is 25.9 Å². The quantitative estimate of drug-likeness (QED) is 0.801. The van der Waals surface area contributed by atoms with Crippen LogP contribution in [0, 0.1) is 11.8 Å². The zero-order valence-corrected chi connectivity index (χ0v) is 8.89. The molecule has 1 aliphatic rings. The Morgan fingerprint density at radius 3 is 3.07 bits per heavy atom. The van der Waals surface area contributed by atoms with Gasteiger partial charge >= 0.3 is 0 Å². The molecule has 0 saturated heterocycles. The standard InChI is InChI=1S/C11H18N2O2/c12-6-9-2-1-3-10(9)7-14-8-11-4-5-13-15-11/h4-5,9-10H,1-3,6-8,12H2. The molecule has 2 N–H and O–H groups in total. The molecule has 2 rings (SSSR count). The first kappa shape index (κ1) is 10.6. The minimum Gasteiger partial charge on any atom is -0.373 e. The smallest absolute Gasteiger partial charge is 0.162 e. The lowest BCUT2D eigenvalue weighted by molar-refractivity contribution is 0.0618. The molecule has 0 aliphatic heterocycles. The summed E-state index contributed by atoms with van der Waals surface area (Å²) in [6, 6.07) is 1.83. The summed E-state index contributed by atoms with van der Waals surface area (Å²) in [5.41, 5.74) is 5.71. The average molecular weight is 210 g/mol. The molecule has 1 saturated carbocycles. The van der Waals surface area contributed by atoms with Gasteiger partial charge < -0.3 is 15.0 Å².